The van der Waals surface area contributed by atoms with Crippen LogP contribution in [-0.4, -0.2) is 25.6 Å². The molecule has 0 aliphatic heterocycles. The first-order chi connectivity index (χ1) is 14.3. The molecular weight excluding hydrogens is 442 g/mol. The molecule has 0 unspecified atom stereocenters. The Bertz CT molecular complexity index is 1290. The van der Waals surface area contributed by atoms with E-state index in [1.54, 1.807) is 35.7 Å². The highest BCUT2D eigenvalue weighted by Gasteiger charge is 2.29. The normalized spacial score (nSPS) is 11.6. The Morgan fingerprint density at radius 3 is 2.37 bits per heavy atom. The SMILES string of the molecule is Cc1cc(C)cc(N(C)S(=O)(=O)c2ccsc2-c2nc(-c3ccc(Cl)cc3)no2)c1. The van der Waals surface area contributed by atoms with Crippen LogP contribution in [0.3, 0.4) is 0 Å². The van der Waals surface area contributed by atoms with Crippen molar-refractivity contribution in [2.45, 2.75) is 18.7 Å². The van der Waals surface area contributed by atoms with Gasteiger partial charge in [-0.25, -0.2) is 8.42 Å². The molecule has 0 saturated heterocycles. The highest BCUT2D eigenvalue weighted by atomic mass is 35.5. The van der Waals surface area contributed by atoms with E-state index < -0.39 is 10.0 Å². The summed E-state index contributed by atoms with van der Waals surface area (Å²) in [4.78, 5) is 4.92. The van der Waals surface area contributed by atoms with Gasteiger partial charge in [-0.05, 0) is 72.8 Å². The highest BCUT2D eigenvalue weighted by molar-refractivity contribution is 7.93. The van der Waals surface area contributed by atoms with Crippen LogP contribution in [0.1, 0.15) is 11.1 Å². The fourth-order valence-electron chi connectivity index (χ4n) is 3.11. The molecule has 0 amide bonds. The number of hydrogen-bond donors (Lipinski definition) is 0. The van der Waals surface area contributed by atoms with Crippen LogP contribution in [0.4, 0.5) is 5.69 Å². The molecule has 9 heteroatoms. The number of thiophene rings is 1. The van der Waals surface area contributed by atoms with Crippen LogP contribution in [-0.2, 0) is 10.0 Å². The van der Waals surface area contributed by atoms with Gasteiger partial charge in [-0.3, -0.25) is 4.31 Å². The van der Waals surface area contributed by atoms with Crippen LogP contribution in [0.5, 0.6) is 0 Å². The van der Waals surface area contributed by atoms with Crippen molar-refractivity contribution in [3.05, 3.63) is 70.1 Å². The lowest BCUT2D eigenvalue weighted by Gasteiger charge is -2.20. The Hall–Kier alpha value is -2.68. The number of benzene rings is 2. The number of hydrogen-bond acceptors (Lipinski definition) is 6. The maximum Gasteiger partial charge on any atom is 0.269 e. The predicted octanol–water partition coefficient (Wildman–Crippen LogP) is 5.56. The third kappa shape index (κ3) is 3.86. The van der Waals surface area contributed by atoms with Crippen molar-refractivity contribution in [1.29, 1.82) is 0 Å². The predicted molar refractivity (Wildman–Crippen MR) is 120 cm³/mol. The van der Waals surface area contributed by atoms with Crippen molar-refractivity contribution in [2.75, 3.05) is 11.4 Å². The van der Waals surface area contributed by atoms with Crippen molar-refractivity contribution in [3.8, 4) is 22.2 Å². The molecule has 0 saturated carbocycles. The molecule has 4 aromatic rings. The molecule has 2 aromatic carbocycles. The maximum atomic E-state index is 13.4. The molecule has 0 atom stereocenters. The Labute approximate surface area is 183 Å². The standard InChI is InChI=1S/C21H18ClN3O3S2/c1-13-10-14(2)12-17(11-13)25(3)30(26,27)18-8-9-29-19(18)21-23-20(24-28-21)15-4-6-16(22)7-5-15/h4-12H,1-3H3. The van der Waals surface area contributed by atoms with E-state index in [-0.39, 0.29) is 10.8 Å². The van der Waals surface area contributed by atoms with Gasteiger partial charge < -0.3 is 4.52 Å². The number of halogens is 1. The largest absolute Gasteiger partial charge is 0.333 e. The molecular formula is C21H18ClN3O3S2. The molecule has 4 rings (SSSR count). The van der Waals surface area contributed by atoms with Gasteiger partial charge in [-0.1, -0.05) is 22.8 Å². The van der Waals surface area contributed by atoms with E-state index in [2.05, 4.69) is 10.1 Å². The number of rotatable bonds is 5. The molecule has 0 bridgehead atoms. The summed E-state index contributed by atoms with van der Waals surface area (Å²) in [7, 11) is -2.28. The van der Waals surface area contributed by atoms with Gasteiger partial charge in [-0.15, -0.1) is 11.3 Å². The van der Waals surface area contributed by atoms with Crippen molar-refractivity contribution < 1.29 is 12.9 Å². The molecule has 2 heterocycles. The van der Waals surface area contributed by atoms with E-state index in [0.29, 0.717) is 21.4 Å². The summed E-state index contributed by atoms with van der Waals surface area (Å²) in [5, 5.41) is 6.29. The van der Waals surface area contributed by atoms with Crippen LogP contribution >= 0.6 is 22.9 Å². The lowest BCUT2D eigenvalue weighted by Crippen LogP contribution is -2.26. The van der Waals surface area contributed by atoms with Gasteiger partial charge in [0.15, 0.2) is 0 Å². The van der Waals surface area contributed by atoms with Crippen molar-refractivity contribution >= 4 is 38.6 Å². The Morgan fingerprint density at radius 1 is 1.03 bits per heavy atom. The third-order valence-electron chi connectivity index (χ3n) is 4.56. The zero-order chi connectivity index (χ0) is 21.5. The minimum Gasteiger partial charge on any atom is -0.333 e. The van der Waals surface area contributed by atoms with Gasteiger partial charge in [0.05, 0.1) is 5.69 Å². The van der Waals surface area contributed by atoms with Crippen LogP contribution in [0.15, 0.2) is 63.3 Å². The maximum absolute atomic E-state index is 13.4. The highest BCUT2D eigenvalue weighted by Crippen LogP contribution is 2.35. The number of anilines is 1. The minimum absolute atomic E-state index is 0.125. The summed E-state index contributed by atoms with van der Waals surface area (Å²) >= 11 is 7.16. The van der Waals surface area contributed by atoms with Crippen LogP contribution in [0, 0.1) is 13.8 Å². The number of sulfonamides is 1. The Morgan fingerprint density at radius 2 is 1.70 bits per heavy atom. The fraction of sp³-hybridized carbons (Fsp3) is 0.143. The first-order valence-electron chi connectivity index (χ1n) is 9.00. The smallest absolute Gasteiger partial charge is 0.269 e. The van der Waals surface area contributed by atoms with Crippen molar-refractivity contribution in [1.82, 2.24) is 10.1 Å². The molecule has 0 radical (unpaired) electrons. The lowest BCUT2D eigenvalue weighted by atomic mass is 10.1. The van der Waals surface area contributed by atoms with E-state index >= 15 is 0 Å². The Balaban J connectivity index is 1.71. The summed E-state index contributed by atoms with van der Waals surface area (Å²) < 4.78 is 33.4. The second-order valence-corrected chi connectivity index (χ2v) is 10.2. The quantitative estimate of drug-likeness (QED) is 0.390. The minimum atomic E-state index is -3.82. The van der Waals surface area contributed by atoms with Gasteiger partial charge in [-0.2, -0.15) is 4.98 Å². The first kappa shape index (κ1) is 20.6. The molecule has 2 aromatic heterocycles. The van der Waals surface area contributed by atoms with E-state index in [9.17, 15) is 8.42 Å². The topological polar surface area (TPSA) is 76.3 Å². The van der Waals surface area contributed by atoms with E-state index in [0.717, 1.165) is 16.7 Å². The number of nitrogens with zero attached hydrogens (tertiary/aromatic N) is 3. The molecule has 154 valence electrons. The fourth-order valence-corrected chi connectivity index (χ4v) is 5.73. The summed E-state index contributed by atoms with van der Waals surface area (Å²) in [5.74, 6) is 0.517. The van der Waals surface area contributed by atoms with Crippen LogP contribution in [0.2, 0.25) is 5.02 Å². The average Bonchev–Trinajstić information content (AvgIpc) is 3.37. The molecule has 0 N–H and O–H groups in total. The van der Waals surface area contributed by atoms with Gasteiger partial charge in [0.25, 0.3) is 15.9 Å². The third-order valence-corrected chi connectivity index (χ3v) is 7.67. The average molecular weight is 460 g/mol. The number of aryl methyl sites for hydroxylation is 2. The molecule has 0 fully saturated rings. The van der Waals surface area contributed by atoms with E-state index in [4.69, 9.17) is 16.1 Å². The van der Waals surface area contributed by atoms with Gasteiger partial charge in [0.1, 0.15) is 9.77 Å². The van der Waals surface area contributed by atoms with Gasteiger partial charge >= 0.3 is 0 Å². The summed E-state index contributed by atoms with van der Waals surface area (Å²) in [6.07, 6.45) is 0. The zero-order valence-electron chi connectivity index (χ0n) is 16.5. The second-order valence-electron chi connectivity index (χ2n) is 6.86. The Kier molecular flexibility index (Phi) is 5.40. The monoisotopic (exact) mass is 459 g/mol. The molecule has 0 spiro atoms. The van der Waals surface area contributed by atoms with Crippen molar-refractivity contribution in [2.24, 2.45) is 0 Å². The van der Waals surface area contributed by atoms with E-state index in [1.807, 2.05) is 32.0 Å². The number of aromatic nitrogens is 2. The lowest BCUT2D eigenvalue weighted by molar-refractivity contribution is 0.432. The van der Waals surface area contributed by atoms with E-state index in [1.165, 1.54) is 22.7 Å². The summed E-state index contributed by atoms with van der Waals surface area (Å²) in [6, 6.07) is 14.2. The molecule has 0 aliphatic carbocycles. The summed E-state index contributed by atoms with van der Waals surface area (Å²) in [5.41, 5.74) is 3.30. The summed E-state index contributed by atoms with van der Waals surface area (Å²) in [6.45, 7) is 3.87. The van der Waals surface area contributed by atoms with Crippen LogP contribution in [0.25, 0.3) is 22.2 Å². The second kappa shape index (κ2) is 7.86. The van der Waals surface area contributed by atoms with Gasteiger partial charge in [0, 0.05) is 17.6 Å². The molecule has 0 aliphatic rings. The molecule has 30 heavy (non-hydrogen) atoms. The first-order valence-corrected chi connectivity index (χ1v) is 11.7. The molecule has 6 nitrogen and oxygen atoms in total. The van der Waals surface area contributed by atoms with Crippen molar-refractivity contribution in [3.63, 3.8) is 0 Å². The zero-order valence-corrected chi connectivity index (χ0v) is 18.8. The van der Waals surface area contributed by atoms with Crippen LogP contribution < -0.4 is 4.31 Å². The van der Waals surface area contributed by atoms with Gasteiger partial charge in [0.2, 0.25) is 5.82 Å².